The van der Waals surface area contributed by atoms with E-state index < -0.39 is 41.9 Å². The van der Waals surface area contributed by atoms with Gasteiger partial charge in [0.05, 0.1) is 6.04 Å². The molecule has 0 saturated heterocycles. The smallest absolute Gasteiger partial charge is 0.243 e. The van der Waals surface area contributed by atoms with Gasteiger partial charge in [-0.2, -0.15) is 11.8 Å². The van der Waals surface area contributed by atoms with Crippen LogP contribution in [0.5, 0.6) is 0 Å². The zero-order valence-corrected chi connectivity index (χ0v) is 25.3. The molecule has 1 aromatic carbocycles. The topological polar surface area (TPSA) is 159 Å². The van der Waals surface area contributed by atoms with Crippen molar-refractivity contribution in [1.29, 1.82) is 0 Å². The number of carbonyl (C=O) groups is 5. The zero-order chi connectivity index (χ0) is 30.1. The van der Waals surface area contributed by atoms with Crippen LogP contribution in [0.1, 0.15) is 65.4 Å². The molecule has 6 N–H and O–H groups in total. The summed E-state index contributed by atoms with van der Waals surface area (Å²) in [6.45, 7) is 7.12. The van der Waals surface area contributed by atoms with Gasteiger partial charge in [0.15, 0.2) is 5.78 Å². The van der Waals surface area contributed by atoms with Crippen molar-refractivity contribution in [3.8, 4) is 0 Å². The van der Waals surface area contributed by atoms with E-state index in [4.69, 9.17) is 5.73 Å². The molecule has 4 unspecified atom stereocenters. The maximum atomic E-state index is 13.5. The van der Waals surface area contributed by atoms with Gasteiger partial charge < -0.3 is 27.0 Å². The molecule has 1 rings (SSSR count). The first-order chi connectivity index (χ1) is 19.0. The molecule has 4 atom stereocenters. The van der Waals surface area contributed by atoms with Crippen LogP contribution in [-0.2, 0) is 30.4 Å². The minimum atomic E-state index is -0.972. The molecule has 11 heteroatoms. The minimum absolute atomic E-state index is 0.0625. The fraction of sp³-hybridized carbons (Fsp3) is 0.621. The number of amides is 4. The number of nitrogens with two attached hydrogens (primary N) is 1. The predicted molar refractivity (Wildman–Crippen MR) is 160 cm³/mol. The second-order valence-corrected chi connectivity index (χ2v) is 11.4. The highest BCUT2D eigenvalue weighted by atomic mass is 32.2. The van der Waals surface area contributed by atoms with Gasteiger partial charge in [0.25, 0.3) is 0 Å². The molecule has 4 amide bonds. The Kier molecular flexibility index (Phi) is 16.9. The average molecular weight is 578 g/mol. The number of unbranched alkanes of at least 4 members (excludes halogenated alkanes) is 1. The predicted octanol–water partition coefficient (Wildman–Crippen LogP) is 1.71. The van der Waals surface area contributed by atoms with E-state index in [-0.39, 0.29) is 24.0 Å². The summed E-state index contributed by atoms with van der Waals surface area (Å²) in [5.74, 6) is -1.23. The van der Waals surface area contributed by atoms with Crippen molar-refractivity contribution in [2.45, 2.75) is 90.4 Å². The van der Waals surface area contributed by atoms with Crippen LogP contribution in [0.3, 0.4) is 0 Å². The van der Waals surface area contributed by atoms with Gasteiger partial charge in [0, 0.05) is 13.3 Å². The van der Waals surface area contributed by atoms with Crippen LogP contribution in [0.4, 0.5) is 0 Å². The van der Waals surface area contributed by atoms with Crippen molar-refractivity contribution in [1.82, 2.24) is 21.3 Å². The van der Waals surface area contributed by atoms with Crippen molar-refractivity contribution in [2.75, 3.05) is 18.6 Å². The Morgan fingerprint density at radius 1 is 0.775 bits per heavy atom. The van der Waals surface area contributed by atoms with Gasteiger partial charge in [0.2, 0.25) is 23.6 Å². The Balaban J connectivity index is 3.15. The lowest BCUT2D eigenvalue weighted by Crippen LogP contribution is -2.58. The number of hydrogen-bond donors (Lipinski definition) is 5. The summed E-state index contributed by atoms with van der Waals surface area (Å²) in [6.07, 6.45) is 4.74. The van der Waals surface area contributed by atoms with Crippen LogP contribution in [-0.4, -0.2) is 72.1 Å². The molecule has 0 aliphatic carbocycles. The zero-order valence-electron chi connectivity index (χ0n) is 24.5. The molecule has 224 valence electrons. The molecule has 40 heavy (non-hydrogen) atoms. The summed E-state index contributed by atoms with van der Waals surface area (Å²) in [4.78, 5) is 63.9. The van der Waals surface area contributed by atoms with Gasteiger partial charge in [-0.3, -0.25) is 24.0 Å². The summed E-state index contributed by atoms with van der Waals surface area (Å²) >= 11 is 1.55. The molecule has 0 radical (unpaired) electrons. The minimum Gasteiger partial charge on any atom is -0.345 e. The molecule has 1 aromatic rings. The number of ketones is 1. The first-order valence-electron chi connectivity index (χ1n) is 13.9. The highest BCUT2D eigenvalue weighted by molar-refractivity contribution is 7.98. The summed E-state index contributed by atoms with van der Waals surface area (Å²) in [5, 5.41) is 11.1. The molecular weight excluding hydrogens is 530 g/mol. The molecule has 0 aliphatic rings. The molecule has 0 saturated carbocycles. The van der Waals surface area contributed by atoms with Gasteiger partial charge >= 0.3 is 0 Å². The number of Topliss-reactive ketones (excluding diaryl/α,β-unsaturated/α-hetero) is 1. The fourth-order valence-corrected chi connectivity index (χ4v) is 4.67. The van der Waals surface area contributed by atoms with Crippen LogP contribution in [0, 0.1) is 5.92 Å². The maximum Gasteiger partial charge on any atom is 0.243 e. The number of nitrogens with one attached hydrogen (secondary N) is 4. The van der Waals surface area contributed by atoms with Gasteiger partial charge in [-0.15, -0.1) is 0 Å². The third-order valence-electron chi connectivity index (χ3n) is 6.31. The first kappa shape index (κ1) is 35.1. The summed E-state index contributed by atoms with van der Waals surface area (Å²) in [5.41, 5.74) is 6.40. The largest absolute Gasteiger partial charge is 0.345 e. The Morgan fingerprint density at radius 2 is 1.35 bits per heavy atom. The molecule has 0 aliphatic heterocycles. The van der Waals surface area contributed by atoms with Crippen LogP contribution in [0.2, 0.25) is 0 Å². The van der Waals surface area contributed by atoms with Gasteiger partial charge in [-0.1, -0.05) is 44.2 Å². The summed E-state index contributed by atoms with van der Waals surface area (Å²) in [7, 11) is 0. The molecule has 0 heterocycles. The normalized spacial score (nSPS) is 14.0. The highest BCUT2D eigenvalue weighted by Gasteiger charge is 2.31. The van der Waals surface area contributed by atoms with Crippen LogP contribution in [0.25, 0.3) is 0 Å². The lowest BCUT2D eigenvalue weighted by molar-refractivity contribution is -0.134. The van der Waals surface area contributed by atoms with Crippen LogP contribution in [0.15, 0.2) is 30.3 Å². The van der Waals surface area contributed by atoms with E-state index >= 15 is 0 Å². The monoisotopic (exact) mass is 577 g/mol. The highest BCUT2D eigenvalue weighted by Crippen LogP contribution is 2.10. The summed E-state index contributed by atoms with van der Waals surface area (Å²) < 4.78 is 0. The maximum absolute atomic E-state index is 13.5. The number of rotatable bonds is 19. The van der Waals surface area contributed by atoms with Crippen molar-refractivity contribution in [2.24, 2.45) is 11.7 Å². The van der Waals surface area contributed by atoms with E-state index in [1.807, 2.05) is 50.4 Å². The van der Waals surface area contributed by atoms with Crippen LogP contribution >= 0.6 is 11.8 Å². The lowest BCUT2D eigenvalue weighted by atomic mass is 10.00. The third kappa shape index (κ3) is 13.9. The fourth-order valence-electron chi connectivity index (χ4n) is 4.20. The lowest BCUT2D eigenvalue weighted by Gasteiger charge is -2.27. The van der Waals surface area contributed by atoms with E-state index in [2.05, 4.69) is 21.3 Å². The van der Waals surface area contributed by atoms with E-state index in [9.17, 15) is 24.0 Å². The van der Waals surface area contributed by atoms with E-state index in [1.54, 1.807) is 11.8 Å². The third-order valence-corrected chi connectivity index (χ3v) is 6.96. The average Bonchev–Trinajstić information content (AvgIpc) is 2.89. The first-order valence-corrected chi connectivity index (χ1v) is 15.3. The van der Waals surface area contributed by atoms with Crippen molar-refractivity contribution >= 4 is 41.2 Å². The van der Waals surface area contributed by atoms with E-state index in [0.717, 1.165) is 12.0 Å². The second-order valence-electron chi connectivity index (χ2n) is 10.4. The van der Waals surface area contributed by atoms with Gasteiger partial charge in [0.1, 0.15) is 18.1 Å². The SMILES string of the molecule is CSCCC(NC(C)=O)C(=O)NC(CC(C)C)C(=O)NC(Cc1ccccc1)C(=O)NC(CCCCN)C(C)=O. The Morgan fingerprint density at radius 3 is 1.90 bits per heavy atom. The molecule has 0 aromatic heterocycles. The molecular formula is C29H47N5O5S. The van der Waals surface area contributed by atoms with Crippen LogP contribution < -0.4 is 27.0 Å². The Bertz CT molecular complexity index is 959. The number of benzene rings is 1. The molecule has 0 fully saturated rings. The number of carbonyl (C=O) groups excluding carboxylic acids is 5. The van der Waals surface area contributed by atoms with Gasteiger partial charge in [-0.05, 0) is 69.1 Å². The standard InChI is InChI=1S/C29H47N5O5S/c1-19(2)17-25(33-27(37)24(14-16-40-5)31-21(4)36)28(38)34-26(18-22-11-7-6-8-12-22)29(39)32-23(20(3)35)13-9-10-15-30/h6-8,11-12,19,23-26H,9-10,13-18,30H2,1-5H3,(H,31,36)(H,32,39)(H,33,37)(H,34,38). The van der Waals surface area contributed by atoms with Gasteiger partial charge in [-0.25, -0.2) is 0 Å². The van der Waals surface area contributed by atoms with E-state index in [1.165, 1.54) is 13.8 Å². The van der Waals surface area contributed by atoms with Crippen molar-refractivity contribution in [3.63, 3.8) is 0 Å². The number of hydrogen-bond acceptors (Lipinski definition) is 7. The second kappa shape index (κ2) is 19.2. The van der Waals surface area contributed by atoms with Crippen molar-refractivity contribution < 1.29 is 24.0 Å². The molecule has 10 nitrogen and oxygen atoms in total. The van der Waals surface area contributed by atoms with E-state index in [0.29, 0.717) is 38.0 Å². The molecule has 0 bridgehead atoms. The number of thioether (sulfide) groups is 1. The quantitative estimate of drug-likeness (QED) is 0.157. The van der Waals surface area contributed by atoms with Crippen molar-refractivity contribution in [3.05, 3.63) is 35.9 Å². The Labute approximate surface area is 242 Å². The summed E-state index contributed by atoms with van der Waals surface area (Å²) in [6, 6.07) is 5.90. The Hall–Kier alpha value is -2.92. The molecule has 0 spiro atoms.